The zero-order valence-corrected chi connectivity index (χ0v) is 21.9. The summed E-state index contributed by atoms with van der Waals surface area (Å²) in [6.07, 6.45) is 2.13. The molecule has 0 radical (unpaired) electrons. The molecule has 2 aliphatic carbocycles. The first-order valence-electron chi connectivity index (χ1n) is 13.6. The van der Waals surface area contributed by atoms with E-state index in [1.165, 1.54) is 12.1 Å². The number of nitrogens with two attached hydrogens (primary N) is 1. The summed E-state index contributed by atoms with van der Waals surface area (Å²) >= 11 is 0. The van der Waals surface area contributed by atoms with Crippen LogP contribution in [0.1, 0.15) is 42.9 Å². The van der Waals surface area contributed by atoms with Crippen molar-refractivity contribution in [3.63, 3.8) is 0 Å². The average molecular weight is 537 g/mol. The monoisotopic (exact) mass is 536 g/mol. The first-order chi connectivity index (χ1) is 18.7. The maximum absolute atomic E-state index is 13.7. The van der Waals surface area contributed by atoms with Crippen LogP contribution in [-0.4, -0.2) is 65.6 Å². The van der Waals surface area contributed by atoms with Gasteiger partial charge in [-0.2, -0.15) is 0 Å². The van der Waals surface area contributed by atoms with Crippen molar-refractivity contribution in [1.29, 1.82) is 0 Å². The molecule has 2 aromatic rings. The van der Waals surface area contributed by atoms with E-state index in [0.29, 0.717) is 37.5 Å². The summed E-state index contributed by atoms with van der Waals surface area (Å²) in [6.45, 7) is 2.89. The van der Waals surface area contributed by atoms with Gasteiger partial charge in [0.2, 0.25) is 11.5 Å². The number of nitrogens with one attached hydrogen (secondary N) is 1. The number of imide groups is 1. The Morgan fingerprint density at radius 1 is 1.21 bits per heavy atom. The number of ether oxygens (including phenoxy) is 2. The summed E-state index contributed by atoms with van der Waals surface area (Å²) < 4.78 is 24.6. The van der Waals surface area contributed by atoms with Gasteiger partial charge < -0.3 is 25.4 Å². The van der Waals surface area contributed by atoms with Crippen molar-refractivity contribution in [2.75, 3.05) is 25.1 Å². The summed E-state index contributed by atoms with van der Waals surface area (Å²) in [5.74, 6) is -0.823. The molecule has 3 fully saturated rings. The number of anilines is 1. The van der Waals surface area contributed by atoms with Gasteiger partial charge in [-0.3, -0.25) is 9.59 Å². The second kappa shape index (κ2) is 9.91. The molecule has 4 unspecified atom stereocenters. The molecule has 4 aliphatic rings. The highest BCUT2D eigenvalue weighted by Crippen LogP contribution is 2.46. The second-order valence-electron chi connectivity index (χ2n) is 11.1. The van der Waals surface area contributed by atoms with E-state index in [2.05, 4.69) is 5.32 Å². The summed E-state index contributed by atoms with van der Waals surface area (Å²) in [4.78, 5) is 42.9. The Morgan fingerprint density at radius 2 is 1.97 bits per heavy atom. The normalized spacial score (nSPS) is 26.6. The van der Waals surface area contributed by atoms with Crippen LogP contribution >= 0.6 is 0 Å². The quantitative estimate of drug-likeness (QED) is 0.533. The molecular weight excluding hydrogens is 503 g/mol. The van der Waals surface area contributed by atoms with Crippen molar-refractivity contribution in [3.8, 4) is 0 Å². The molecule has 3 N–H and O–H groups in total. The molecule has 10 heteroatoms. The lowest BCUT2D eigenvalue weighted by molar-refractivity contribution is -0.143. The molecule has 1 saturated carbocycles. The minimum Gasteiger partial charge on any atom is -0.427 e. The highest BCUT2D eigenvalue weighted by molar-refractivity contribution is 6.06. The predicted molar refractivity (Wildman–Crippen MR) is 140 cm³/mol. The van der Waals surface area contributed by atoms with Crippen LogP contribution in [0.2, 0.25) is 0 Å². The van der Waals surface area contributed by atoms with Crippen molar-refractivity contribution in [2.45, 2.75) is 62.9 Å². The van der Waals surface area contributed by atoms with Gasteiger partial charge in [-0.1, -0.05) is 18.2 Å². The van der Waals surface area contributed by atoms with Gasteiger partial charge in [0.1, 0.15) is 12.4 Å². The average Bonchev–Trinajstić information content (AvgIpc) is 3.55. The molecule has 39 heavy (non-hydrogen) atoms. The number of hydrogen-bond donors (Lipinski definition) is 2. The predicted octanol–water partition coefficient (Wildman–Crippen LogP) is 2.91. The van der Waals surface area contributed by atoms with E-state index in [9.17, 15) is 18.8 Å². The van der Waals surface area contributed by atoms with Crippen molar-refractivity contribution in [3.05, 3.63) is 65.0 Å². The van der Waals surface area contributed by atoms with E-state index in [0.717, 1.165) is 34.6 Å². The van der Waals surface area contributed by atoms with E-state index in [1.807, 2.05) is 25.1 Å². The molecule has 6 rings (SSSR count). The Labute approximate surface area is 226 Å². The first-order valence-corrected chi connectivity index (χ1v) is 13.6. The molecule has 1 spiro atoms. The highest BCUT2D eigenvalue weighted by atomic mass is 19.1. The first kappa shape index (κ1) is 25.8. The number of fused-ring (bicyclic) bond motifs is 2. The molecular formula is C29H33FN4O5. The fraction of sp³-hybridized carbons (Fsp3) is 0.483. The van der Waals surface area contributed by atoms with Crippen LogP contribution in [0.3, 0.4) is 0 Å². The van der Waals surface area contributed by atoms with Crippen molar-refractivity contribution in [1.82, 2.24) is 9.80 Å². The van der Waals surface area contributed by atoms with Gasteiger partial charge in [-0.05, 0) is 67.5 Å². The number of amides is 3. The van der Waals surface area contributed by atoms with E-state index in [4.69, 9.17) is 15.2 Å². The van der Waals surface area contributed by atoms with Gasteiger partial charge >= 0.3 is 6.09 Å². The van der Waals surface area contributed by atoms with Crippen LogP contribution in [0.5, 0.6) is 0 Å². The lowest BCUT2D eigenvalue weighted by Crippen LogP contribution is -2.47. The number of halogens is 1. The summed E-state index contributed by atoms with van der Waals surface area (Å²) in [5.41, 5.74) is 7.90. The summed E-state index contributed by atoms with van der Waals surface area (Å²) in [6, 6.07) is 11.5. The van der Waals surface area contributed by atoms with Gasteiger partial charge in [0.05, 0.1) is 25.3 Å². The smallest absolute Gasteiger partial charge is 0.418 e. The topological polar surface area (TPSA) is 114 Å². The van der Waals surface area contributed by atoms with Crippen molar-refractivity contribution < 1.29 is 28.2 Å². The van der Waals surface area contributed by atoms with Crippen molar-refractivity contribution in [2.24, 2.45) is 11.7 Å². The molecule has 0 aromatic heterocycles. The number of carbonyl (C=O) groups is 3. The standard InChI is InChI=1S/C29H33FN4O5/c1-17(19-4-5-19)33(13-18-2-6-21(30)7-3-18)26(35)14-34-27(36)29(39-28(34)37)11-10-20-12-22(8-9-23(20)29)32-25-16-38-15-24(25)31/h2-3,6-9,12,17,19,24-25,32H,4-5,10-11,13-16,31H2,1H3. The van der Waals surface area contributed by atoms with Gasteiger partial charge in [-0.15, -0.1) is 0 Å². The van der Waals surface area contributed by atoms with E-state index < -0.39 is 24.1 Å². The fourth-order valence-electron chi connectivity index (χ4n) is 5.98. The largest absolute Gasteiger partial charge is 0.427 e. The zero-order valence-electron chi connectivity index (χ0n) is 21.9. The number of hydrogen-bond acceptors (Lipinski definition) is 7. The number of aryl methyl sites for hydroxylation is 1. The molecule has 2 heterocycles. The van der Waals surface area contributed by atoms with Crippen LogP contribution < -0.4 is 11.1 Å². The van der Waals surface area contributed by atoms with Gasteiger partial charge in [0.25, 0.3) is 5.91 Å². The maximum Gasteiger partial charge on any atom is 0.418 e. The van der Waals surface area contributed by atoms with E-state index in [1.54, 1.807) is 17.0 Å². The zero-order chi connectivity index (χ0) is 27.3. The third-order valence-corrected chi connectivity index (χ3v) is 8.51. The number of benzene rings is 2. The van der Waals surface area contributed by atoms with E-state index >= 15 is 0 Å². The lowest BCUT2D eigenvalue weighted by atomic mass is 9.94. The molecule has 9 nitrogen and oxygen atoms in total. The third-order valence-electron chi connectivity index (χ3n) is 8.51. The van der Waals surface area contributed by atoms with Crippen LogP contribution in [0.4, 0.5) is 14.9 Å². The van der Waals surface area contributed by atoms with Gasteiger partial charge in [0, 0.05) is 30.3 Å². The maximum atomic E-state index is 13.7. The molecule has 3 amide bonds. The molecule has 206 valence electrons. The molecule has 2 aromatic carbocycles. The van der Waals surface area contributed by atoms with Gasteiger partial charge in [-0.25, -0.2) is 14.1 Å². The Kier molecular flexibility index (Phi) is 6.55. The Bertz CT molecular complexity index is 1300. The van der Waals surface area contributed by atoms with Crippen molar-refractivity contribution >= 4 is 23.6 Å². The van der Waals surface area contributed by atoms with Gasteiger partial charge in [0.15, 0.2) is 0 Å². The molecule has 2 saturated heterocycles. The summed E-state index contributed by atoms with van der Waals surface area (Å²) in [7, 11) is 0. The Hall–Kier alpha value is -3.50. The van der Waals surface area contributed by atoms with E-state index in [-0.39, 0.29) is 36.4 Å². The highest BCUT2D eigenvalue weighted by Gasteiger charge is 2.58. The van der Waals surface area contributed by atoms with Crippen LogP contribution in [0.25, 0.3) is 0 Å². The second-order valence-corrected chi connectivity index (χ2v) is 11.1. The lowest BCUT2D eigenvalue weighted by Gasteiger charge is -2.30. The third kappa shape index (κ3) is 4.76. The Balaban J connectivity index is 1.19. The minimum absolute atomic E-state index is 0.00161. The van der Waals surface area contributed by atoms with Crippen LogP contribution in [0, 0.1) is 11.7 Å². The molecule has 4 atom stereocenters. The Morgan fingerprint density at radius 3 is 2.67 bits per heavy atom. The molecule has 0 bridgehead atoms. The number of rotatable bonds is 8. The van der Waals surface area contributed by atoms with Crippen LogP contribution in [-0.2, 0) is 37.6 Å². The minimum atomic E-state index is -1.41. The number of nitrogens with zero attached hydrogens (tertiary/aromatic N) is 2. The molecule has 2 aliphatic heterocycles. The van der Waals surface area contributed by atoms with Crippen LogP contribution in [0.15, 0.2) is 42.5 Å². The number of carbonyl (C=O) groups excluding carboxylic acids is 3. The summed E-state index contributed by atoms with van der Waals surface area (Å²) in [5, 5.41) is 3.39. The SMILES string of the molecule is CC(C1CC1)N(Cc1ccc(F)cc1)C(=O)CN1C(=O)OC2(CCc3cc(NC4COCC4N)ccc32)C1=O. The fourth-order valence-corrected chi connectivity index (χ4v) is 5.98.